The van der Waals surface area contributed by atoms with E-state index in [0.29, 0.717) is 56.7 Å². The predicted octanol–water partition coefficient (Wildman–Crippen LogP) is 4.73. The monoisotopic (exact) mass is 1360 g/mol. The normalized spacial score (nSPS) is 28.1. The van der Waals surface area contributed by atoms with Gasteiger partial charge in [0.1, 0.15) is 52.9 Å². The Morgan fingerprint density at radius 1 is 0.695 bits per heavy atom. The van der Waals surface area contributed by atoms with E-state index in [-0.39, 0.29) is 46.8 Å². The number of nitrogens with zero attached hydrogens (tertiary/aromatic N) is 12. The van der Waals surface area contributed by atoms with Crippen LogP contribution in [-0.4, -0.2) is 181 Å². The molecule has 9 heterocycles. The molecule has 1 unspecified atom stereocenters. The highest BCUT2D eigenvalue weighted by atomic mass is 35.5. The summed E-state index contributed by atoms with van der Waals surface area (Å²) in [6.45, 7) is 12.7. The summed E-state index contributed by atoms with van der Waals surface area (Å²) in [5.41, 5.74) is 16.0. The average Bonchev–Trinajstić information content (AvgIpc) is 1.61. The molecule has 5 fully saturated rings. The van der Waals surface area contributed by atoms with Gasteiger partial charge in [-0.15, -0.1) is 0 Å². The lowest BCUT2D eigenvalue weighted by Gasteiger charge is -2.33. The molecule has 8 aromatic rings. The van der Waals surface area contributed by atoms with Gasteiger partial charge in [-0.2, -0.15) is 35.0 Å². The highest BCUT2D eigenvalue weighted by Gasteiger charge is 2.57. The molecule has 510 valence electrons. The van der Waals surface area contributed by atoms with Crippen molar-refractivity contribution < 1.29 is 72.4 Å². The number of halogens is 1. The Bertz CT molecular complexity index is 4110. The molecule has 95 heavy (non-hydrogen) atoms. The summed E-state index contributed by atoms with van der Waals surface area (Å²) in [6.07, 6.45) is 1.27. The predicted molar refractivity (Wildman–Crippen MR) is 344 cm³/mol. The molecule has 0 radical (unpaired) electrons. The number of nitrogens with two attached hydrogens (primary N) is 3. The van der Waals surface area contributed by atoms with E-state index in [1.54, 1.807) is 79.3 Å². The quantitative estimate of drug-likeness (QED) is 0.0279. The minimum absolute atomic E-state index is 0.000610. The van der Waals surface area contributed by atoms with E-state index in [9.17, 15) is 39.7 Å². The number of aromatic nitrogens is 12. The van der Waals surface area contributed by atoms with Gasteiger partial charge in [0.05, 0.1) is 50.0 Å². The summed E-state index contributed by atoms with van der Waals surface area (Å²) in [7, 11) is -4.24. The minimum Gasteiger partial charge on any atom is -0.462 e. The van der Waals surface area contributed by atoms with E-state index in [4.69, 9.17) is 61.5 Å². The third kappa shape index (κ3) is 14.3. The Morgan fingerprint density at radius 3 is 1.65 bits per heavy atom. The maximum absolute atomic E-state index is 13.8. The Kier molecular flexibility index (Phi) is 19.6. The first-order chi connectivity index (χ1) is 45.1. The lowest BCUT2D eigenvalue weighted by molar-refractivity contribution is -0.149. The standard InChI is InChI=1S/C26H36N7O8P.C20H22ClN5O3.C14H20N6O4/c1-14(2)39-23(35)15(3)32-42(37,41-17-8-6-5-7-9-17)38-12-18-20(34)26(4,36)24(40-18)33-13-28-19-21(29-16-10-11-16)30-25(27)31-22(19)33;1-4-13-11(2)20(3,29-17(27)12-8-6-5-7-9-12)18(28-13)26-10-23-14-15(21)24-19(22)25-16(14)26;1-14(23)9(22)7(4-21)24-12(14)20-5-16-8-10(17-6-2-3-6)18-13(15)19-11(8)20/h5-9,13-16,18,20,24,34,36H,10-12H2,1-4H3,(H,32,37)(H3,27,29,30,31);5-11,13,18H,4H2,1-3H3,(H2,22,24,25);5-7,9,12,21-23H,2-4H2,1H3,(H3,15,17,18,19)/t15-,18+,20+,24+,26+,42?;11-,13-,18-,20-;7-,9-,12-,14-/m011/s1. The van der Waals surface area contributed by atoms with Crippen LogP contribution in [0.25, 0.3) is 33.5 Å². The third-order valence-electron chi connectivity index (χ3n) is 17.0. The number of hydrogen-bond acceptors (Lipinski definition) is 29. The number of fused-ring (bicyclic) bond motifs is 3. The number of aliphatic hydroxyl groups is 5. The number of carbonyl (C=O) groups excluding carboxylic acids is 2. The molecular formula is C60H78ClN18O15P. The summed E-state index contributed by atoms with van der Waals surface area (Å²) >= 11 is 6.17. The van der Waals surface area contributed by atoms with Crippen LogP contribution < -0.4 is 37.4 Å². The second-order valence-corrected chi connectivity index (χ2v) is 26.9. The van der Waals surface area contributed by atoms with Crippen LogP contribution in [-0.2, 0) is 37.6 Å². The van der Waals surface area contributed by atoms with Gasteiger partial charge in [-0.3, -0.25) is 23.0 Å². The molecule has 35 heteroatoms. The zero-order valence-corrected chi connectivity index (χ0v) is 54.9. The molecule has 13 rings (SSSR count). The van der Waals surface area contributed by atoms with E-state index in [0.717, 1.165) is 32.1 Å². The number of imidazole rings is 3. The van der Waals surface area contributed by atoms with Gasteiger partial charge in [0.2, 0.25) is 17.8 Å². The van der Waals surface area contributed by atoms with Crippen LogP contribution in [0.1, 0.15) is 117 Å². The molecule has 14 atom stereocenters. The molecule has 2 aliphatic carbocycles. The molecule has 0 spiro atoms. The number of carbonyl (C=O) groups is 2. The van der Waals surface area contributed by atoms with Crippen molar-refractivity contribution >= 4 is 94.3 Å². The fourth-order valence-corrected chi connectivity index (χ4v) is 13.1. The van der Waals surface area contributed by atoms with Gasteiger partial charge in [0.25, 0.3) is 0 Å². The number of rotatable bonds is 20. The number of nitrogens with one attached hydrogen (secondary N) is 3. The van der Waals surface area contributed by atoms with Crippen molar-refractivity contribution in [2.24, 2.45) is 5.92 Å². The van der Waals surface area contributed by atoms with Crippen LogP contribution >= 0.6 is 19.3 Å². The second-order valence-electron chi connectivity index (χ2n) is 24.8. The number of hydrogen-bond donors (Lipinski definition) is 11. The second kappa shape index (κ2) is 27.2. The first-order valence-corrected chi connectivity index (χ1v) is 32.9. The molecule has 0 amide bonds. The van der Waals surface area contributed by atoms with Crippen molar-refractivity contribution in [3.8, 4) is 5.75 Å². The largest absolute Gasteiger partial charge is 0.462 e. The summed E-state index contributed by atoms with van der Waals surface area (Å²) in [5, 5.41) is 61.8. The summed E-state index contributed by atoms with van der Waals surface area (Å²) in [5.74, 6) is 0.180. The van der Waals surface area contributed by atoms with Crippen LogP contribution in [0.15, 0.2) is 79.6 Å². The minimum atomic E-state index is -4.24. The fraction of sp³-hybridized carbons (Fsp3) is 0.517. The van der Waals surface area contributed by atoms with E-state index in [2.05, 4.69) is 60.6 Å². The number of para-hydroxylation sites is 1. The van der Waals surface area contributed by atoms with Crippen LogP contribution in [0, 0.1) is 5.92 Å². The fourth-order valence-electron chi connectivity index (χ4n) is 11.4. The number of nitrogen functional groups attached to an aromatic ring is 3. The molecule has 33 nitrogen and oxygen atoms in total. The topological polar surface area (TPSA) is 462 Å². The van der Waals surface area contributed by atoms with Gasteiger partial charge in [0.15, 0.2) is 69.0 Å². The van der Waals surface area contributed by atoms with Gasteiger partial charge < -0.3 is 81.6 Å². The number of anilines is 5. The first kappa shape index (κ1) is 68.3. The van der Waals surface area contributed by atoms with Crippen LogP contribution in [0.5, 0.6) is 5.75 Å². The van der Waals surface area contributed by atoms with Crippen LogP contribution in [0.3, 0.4) is 0 Å². The van der Waals surface area contributed by atoms with Crippen molar-refractivity contribution in [3.63, 3.8) is 0 Å². The Morgan fingerprint density at radius 2 is 1.16 bits per heavy atom. The zero-order valence-electron chi connectivity index (χ0n) is 53.2. The van der Waals surface area contributed by atoms with E-state index in [1.165, 1.54) is 42.6 Å². The van der Waals surface area contributed by atoms with E-state index < -0.39 is 105 Å². The highest BCUT2D eigenvalue weighted by Crippen LogP contribution is 2.50. The molecule has 14 N–H and O–H groups in total. The van der Waals surface area contributed by atoms with Gasteiger partial charge in [-0.25, -0.2) is 24.3 Å². The van der Waals surface area contributed by atoms with Crippen LogP contribution in [0.4, 0.5) is 29.5 Å². The molecule has 2 saturated carbocycles. The third-order valence-corrected chi connectivity index (χ3v) is 18.9. The number of aliphatic hydroxyl groups excluding tert-OH is 3. The van der Waals surface area contributed by atoms with Gasteiger partial charge in [-0.1, -0.05) is 61.8 Å². The summed E-state index contributed by atoms with van der Waals surface area (Å²) in [6, 6.07) is 16.7. The molecule has 3 aliphatic heterocycles. The smallest absolute Gasteiger partial charge is 0.459 e. The maximum Gasteiger partial charge on any atom is 0.459 e. The summed E-state index contributed by atoms with van der Waals surface area (Å²) in [4.78, 5) is 63.5. The number of ether oxygens (including phenoxy) is 5. The summed E-state index contributed by atoms with van der Waals surface area (Å²) < 4.78 is 59.1. The molecule has 5 aliphatic rings. The van der Waals surface area contributed by atoms with E-state index >= 15 is 0 Å². The molecule has 0 bridgehead atoms. The van der Waals surface area contributed by atoms with Gasteiger partial charge >= 0.3 is 19.7 Å². The molecule has 3 saturated heterocycles. The van der Waals surface area contributed by atoms with Gasteiger partial charge in [0, 0.05) is 18.0 Å². The van der Waals surface area contributed by atoms with Crippen molar-refractivity contribution in [3.05, 3.63) is 90.4 Å². The lowest BCUT2D eigenvalue weighted by Crippen LogP contribution is -2.44. The van der Waals surface area contributed by atoms with E-state index in [1.807, 2.05) is 26.8 Å². The molecule has 2 aromatic carbocycles. The number of esters is 2. The first-order valence-electron chi connectivity index (χ1n) is 31.0. The van der Waals surface area contributed by atoms with Crippen molar-refractivity contribution in [1.82, 2.24) is 63.6 Å². The Hall–Kier alpha value is -8.05. The van der Waals surface area contributed by atoms with Gasteiger partial charge in [-0.05, 0) is 97.9 Å². The highest BCUT2D eigenvalue weighted by molar-refractivity contribution is 7.52. The van der Waals surface area contributed by atoms with Crippen molar-refractivity contribution in [1.29, 1.82) is 0 Å². The lowest BCUT2D eigenvalue weighted by atomic mass is 9.86. The zero-order chi connectivity index (χ0) is 68.1. The van der Waals surface area contributed by atoms with Crippen molar-refractivity contribution in [2.45, 2.75) is 178 Å². The van der Waals surface area contributed by atoms with Crippen molar-refractivity contribution in [2.75, 3.05) is 41.0 Å². The average molecular weight is 1360 g/mol. The van der Waals surface area contributed by atoms with Crippen LogP contribution in [0.2, 0.25) is 5.15 Å². The Labute approximate surface area is 549 Å². The Balaban J connectivity index is 0.000000152. The maximum atomic E-state index is 13.8. The number of benzene rings is 2. The SMILES string of the molecule is CC(C)OC(=O)[C@H](C)NP(=O)(OC[C@H]1O[C@@H](n2cnc3c(NC4CC4)nc(N)nc32)[C@](C)(O)[C@@H]1O)Oc1ccccc1.CC[C@H]1O[C@@H](n2cnc3c(Cl)nc(N)nc32)[C@](C)(OC(=O)c2ccccc2)[C@@H]1C.C[C@@]1(O)[C@H](O)[C@@H](CO)O[C@H]1n1cnc2c(NC3CC3)nc(N)nc21. The molecular weight excluding hydrogens is 1280 g/mol. The molecule has 6 aromatic heterocycles.